The topological polar surface area (TPSA) is 80.9 Å². The van der Waals surface area contributed by atoms with E-state index in [-0.39, 0.29) is 0 Å². The van der Waals surface area contributed by atoms with Crippen LogP contribution in [-0.2, 0) is 4.79 Å². The Morgan fingerprint density at radius 1 is 1.67 bits per heavy atom. The number of amides is 1. The maximum absolute atomic E-state index is 10.6. The molecule has 0 aliphatic heterocycles. The molecule has 0 bridgehead atoms. The minimum atomic E-state index is -0.429. The molecule has 0 aromatic carbocycles. The van der Waals surface area contributed by atoms with Gasteiger partial charge in [-0.05, 0) is 6.92 Å². The number of anilines is 1. The van der Waals surface area contributed by atoms with Gasteiger partial charge in [0.2, 0.25) is 5.91 Å². The van der Waals surface area contributed by atoms with E-state index in [1.54, 1.807) is 13.1 Å². The summed E-state index contributed by atoms with van der Waals surface area (Å²) in [5.41, 5.74) is 5.03. The number of primary amides is 1. The van der Waals surface area contributed by atoms with Gasteiger partial charge in [-0.2, -0.15) is 0 Å². The van der Waals surface area contributed by atoms with Crippen LogP contribution in [0, 0.1) is 0 Å². The number of hydrogen-bond acceptors (Lipinski definition) is 4. The molecule has 0 aliphatic rings. The second-order valence-electron chi connectivity index (χ2n) is 2.36. The summed E-state index contributed by atoms with van der Waals surface area (Å²) in [5, 5.41) is 2.79. The highest BCUT2D eigenvalue weighted by Crippen LogP contribution is 1.99. The number of nitrogens with one attached hydrogen (secondary N) is 1. The average molecular weight is 166 g/mol. The van der Waals surface area contributed by atoms with E-state index < -0.39 is 11.9 Å². The highest BCUT2D eigenvalue weighted by atomic mass is 16.1. The van der Waals surface area contributed by atoms with E-state index in [1.807, 2.05) is 0 Å². The summed E-state index contributed by atoms with van der Waals surface area (Å²) >= 11 is 0. The Morgan fingerprint density at radius 2 is 2.42 bits per heavy atom. The number of aromatic nitrogens is 2. The molecule has 0 saturated heterocycles. The molecule has 1 aromatic rings. The Hall–Kier alpha value is -1.65. The van der Waals surface area contributed by atoms with Crippen LogP contribution in [0.15, 0.2) is 18.6 Å². The quantitative estimate of drug-likeness (QED) is 0.649. The Labute approximate surface area is 70.0 Å². The SMILES string of the molecule is CC(Nc1cnccn1)C(N)=O. The monoisotopic (exact) mass is 166 g/mol. The molecule has 3 N–H and O–H groups in total. The first-order valence-electron chi connectivity index (χ1n) is 3.52. The van der Waals surface area contributed by atoms with Gasteiger partial charge >= 0.3 is 0 Å². The summed E-state index contributed by atoms with van der Waals surface area (Å²) < 4.78 is 0. The number of hydrogen-bond donors (Lipinski definition) is 2. The molecule has 64 valence electrons. The molecule has 5 heteroatoms. The zero-order chi connectivity index (χ0) is 8.97. The first-order chi connectivity index (χ1) is 5.70. The van der Waals surface area contributed by atoms with Crippen LogP contribution in [0.5, 0.6) is 0 Å². The zero-order valence-corrected chi connectivity index (χ0v) is 6.69. The van der Waals surface area contributed by atoms with Crippen molar-refractivity contribution in [3.8, 4) is 0 Å². The fourth-order valence-electron chi connectivity index (χ4n) is 0.667. The number of carbonyl (C=O) groups is 1. The first-order valence-corrected chi connectivity index (χ1v) is 3.52. The van der Waals surface area contributed by atoms with Gasteiger partial charge < -0.3 is 11.1 Å². The molecule has 0 fully saturated rings. The molecule has 1 rings (SSSR count). The van der Waals surface area contributed by atoms with Crippen molar-refractivity contribution < 1.29 is 4.79 Å². The minimum absolute atomic E-state index is 0.416. The summed E-state index contributed by atoms with van der Waals surface area (Å²) in [6.07, 6.45) is 4.62. The van der Waals surface area contributed by atoms with Gasteiger partial charge in [0.05, 0.1) is 6.20 Å². The van der Waals surface area contributed by atoms with Crippen LogP contribution in [-0.4, -0.2) is 21.9 Å². The standard InChI is InChI=1S/C7H10N4O/c1-5(7(8)12)11-6-4-9-2-3-10-6/h2-5H,1H3,(H2,8,12)(H,10,11). The highest BCUT2D eigenvalue weighted by Gasteiger charge is 2.07. The van der Waals surface area contributed by atoms with Gasteiger partial charge in [0, 0.05) is 12.4 Å². The van der Waals surface area contributed by atoms with Crippen LogP contribution in [0.4, 0.5) is 5.82 Å². The molecule has 1 amide bonds. The van der Waals surface area contributed by atoms with E-state index in [1.165, 1.54) is 12.4 Å². The summed E-state index contributed by atoms with van der Waals surface area (Å²) in [5.74, 6) is 0.129. The van der Waals surface area contributed by atoms with Crippen LogP contribution in [0.25, 0.3) is 0 Å². The van der Waals surface area contributed by atoms with Crippen molar-refractivity contribution in [3.63, 3.8) is 0 Å². The van der Waals surface area contributed by atoms with Gasteiger partial charge in [0.25, 0.3) is 0 Å². The Bertz CT molecular complexity index is 261. The van der Waals surface area contributed by atoms with Crippen molar-refractivity contribution in [2.75, 3.05) is 5.32 Å². The van der Waals surface area contributed by atoms with E-state index in [0.717, 1.165) is 0 Å². The molecule has 1 heterocycles. The van der Waals surface area contributed by atoms with Crippen molar-refractivity contribution in [1.29, 1.82) is 0 Å². The van der Waals surface area contributed by atoms with Crippen LogP contribution in [0.2, 0.25) is 0 Å². The molecular weight excluding hydrogens is 156 g/mol. The van der Waals surface area contributed by atoms with Crippen molar-refractivity contribution in [2.45, 2.75) is 13.0 Å². The predicted molar refractivity (Wildman–Crippen MR) is 44.3 cm³/mol. The van der Waals surface area contributed by atoms with E-state index >= 15 is 0 Å². The van der Waals surface area contributed by atoms with Gasteiger partial charge in [-0.25, -0.2) is 4.98 Å². The number of carbonyl (C=O) groups excluding carboxylic acids is 1. The van der Waals surface area contributed by atoms with Gasteiger partial charge in [0.15, 0.2) is 0 Å². The third-order valence-electron chi connectivity index (χ3n) is 1.35. The molecule has 1 atom stereocenters. The largest absolute Gasteiger partial charge is 0.368 e. The fourth-order valence-corrected chi connectivity index (χ4v) is 0.667. The lowest BCUT2D eigenvalue weighted by Gasteiger charge is -2.08. The maximum Gasteiger partial charge on any atom is 0.239 e. The number of nitrogens with zero attached hydrogens (tertiary/aromatic N) is 2. The summed E-state index contributed by atoms with van der Waals surface area (Å²) in [6.45, 7) is 1.66. The molecule has 0 saturated carbocycles. The van der Waals surface area contributed by atoms with E-state index in [4.69, 9.17) is 5.73 Å². The second kappa shape index (κ2) is 3.66. The Balaban J connectivity index is 2.58. The van der Waals surface area contributed by atoms with Gasteiger partial charge in [-0.1, -0.05) is 0 Å². The number of nitrogens with two attached hydrogens (primary N) is 1. The van der Waals surface area contributed by atoms with Crippen molar-refractivity contribution in [3.05, 3.63) is 18.6 Å². The van der Waals surface area contributed by atoms with E-state index in [0.29, 0.717) is 5.82 Å². The summed E-state index contributed by atoms with van der Waals surface area (Å²) in [6, 6.07) is -0.429. The van der Waals surface area contributed by atoms with E-state index in [2.05, 4.69) is 15.3 Å². The Kier molecular flexibility index (Phi) is 2.57. The third-order valence-corrected chi connectivity index (χ3v) is 1.35. The normalized spacial score (nSPS) is 12.1. The van der Waals surface area contributed by atoms with Crippen molar-refractivity contribution in [1.82, 2.24) is 9.97 Å². The summed E-state index contributed by atoms with van der Waals surface area (Å²) in [4.78, 5) is 18.4. The predicted octanol–water partition coefficient (Wildman–Crippen LogP) is -0.238. The smallest absolute Gasteiger partial charge is 0.239 e. The maximum atomic E-state index is 10.6. The molecule has 12 heavy (non-hydrogen) atoms. The van der Waals surface area contributed by atoms with Crippen LogP contribution in [0.3, 0.4) is 0 Å². The van der Waals surface area contributed by atoms with Crippen molar-refractivity contribution >= 4 is 11.7 Å². The second-order valence-corrected chi connectivity index (χ2v) is 2.36. The minimum Gasteiger partial charge on any atom is -0.368 e. The highest BCUT2D eigenvalue weighted by molar-refractivity contribution is 5.81. The van der Waals surface area contributed by atoms with Crippen LogP contribution >= 0.6 is 0 Å². The average Bonchev–Trinajstić information content (AvgIpc) is 2.06. The molecule has 1 unspecified atom stereocenters. The lowest BCUT2D eigenvalue weighted by atomic mass is 10.3. The lowest BCUT2D eigenvalue weighted by molar-refractivity contribution is -0.118. The fraction of sp³-hybridized carbons (Fsp3) is 0.286. The molecular formula is C7H10N4O. The van der Waals surface area contributed by atoms with Gasteiger partial charge in [-0.3, -0.25) is 9.78 Å². The van der Waals surface area contributed by atoms with Gasteiger partial charge in [-0.15, -0.1) is 0 Å². The Morgan fingerprint density at radius 3 is 2.92 bits per heavy atom. The molecule has 0 aliphatic carbocycles. The number of rotatable bonds is 3. The molecule has 0 radical (unpaired) electrons. The zero-order valence-electron chi connectivity index (χ0n) is 6.69. The summed E-state index contributed by atoms with van der Waals surface area (Å²) in [7, 11) is 0. The van der Waals surface area contributed by atoms with Crippen LogP contribution < -0.4 is 11.1 Å². The van der Waals surface area contributed by atoms with Crippen molar-refractivity contribution in [2.24, 2.45) is 5.73 Å². The molecule has 1 aromatic heterocycles. The third kappa shape index (κ3) is 2.19. The molecule has 5 nitrogen and oxygen atoms in total. The van der Waals surface area contributed by atoms with Gasteiger partial charge in [0.1, 0.15) is 11.9 Å². The molecule has 0 spiro atoms. The first kappa shape index (κ1) is 8.45. The van der Waals surface area contributed by atoms with E-state index in [9.17, 15) is 4.79 Å². The lowest BCUT2D eigenvalue weighted by Crippen LogP contribution is -2.32. The van der Waals surface area contributed by atoms with Crippen LogP contribution in [0.1, 0.15) is 6.92 Å².